The summed E-state index contributed by atoms with van der Waals surface area (Å²) in [5.41, 5.74) is -2.16. The van der Waals surface area contributed by atoms with Crippen molar-refractivity contribution in [2.75, 3.05) is 5.32 Å². The number of aliphatic carboxylic acids is 1. The Morgan fingerprint density at radius 3 is 2.20 bits per heavy atom. The van der Waals surface area contributed by atoms with Gasteiger partial charge in [-0.1, -0.05) is 12.1 Å². The van der Waals surface area contributed by atoms with Crippen LogP contribution in [0, 0.1) is 11.2 Å². The SMILES string of the molecule is CC(C)(NC(=O)Nc1ccccc1F)C(C)(C)C(=O)O. The van der Waals surface area contributed by atoms with Gasteiger partial charge in [0.05, 0.1) is 16.6 Å². The minimum absolute atomic E-state index is 0.0360. The van der Waals surface area contributed by atoms with Gasteiger partial charge in [0.2, 0.25) is 0 Å². The summed E-state index contributed by atoms with van der Waals surface area (Å²) in [7, 11) is 0. The van der Waals surface area contributed by atoms with Gasteiger partial charge < -0.3 is 15.7 Å². The van der Waals surface area contributed by atoms with E-state index in [1.807, 2.05) is 0 Å². The Morgan fingerprint density at radius 1 is 1.15 bits per heavy atom. The minimum atomic E-state index is -1.18. The van der Waals surface area contributed by atoms with Gasteiger partial charge in [-0.2, -0.15) is 0 Å². The molecule has 0 unspecified atom stereocenters. The van der Waals surface area contributed by atoms with Gasteiger partial charge in [0.15, 0.2) is 0 Å². The molecule has 3 N–H and O–H groups in total. The van der Waals surface area contributed by atoms with Crippen molar-refractivity contribution in [1.29, 1.82) is 0 Å². The van der Waals surface area contributed by atoms with Gasteiger partial charge in [0.1, 0.15) is 5.82 Å². The van der Waals surface area contributed by atoms with E-state index < -0.39 is 28.8 Å². The maximum atomic E-state index is 13.4. The van der Waals surface area contributed by atoms with E-state index in [1.54, 1.807) is 19.9 Å². The number of hydrogen-bond donors (Lipinski definition) is 3. The number of urea groups is 1. The molecule has 0 bridgehead atoms. The summed E-state index contributed by atoms with van der Waals surface area (Å²) in [4.78, 5) is 23.1. The molecule has 1 aromatic carbocycles. The van der Waals surface area contributed by atoms with E-state index in [-0.39, 0.29) is 5.69 Å². The number of rotatable bonds is 4. The van der Waals surface area contributed by atoms with Crippen LogP contribution in [0.2, 0.25) is 0 Å². The Balaban J connectivity index is 2.81. The first kappa shape index (κ1) is 15.9. The number of para-hydroxylation sites is 1. The fourth-order valence-electron chi connectivity index (χ4n) is 1.42. The first-order valence-electron chi connectivity index (χ1n) is 6.15. The van der Waals surface area contributed by atoms with Crippen molar-refractivity contribution < 1.29 is 19.1 Å². The predicted octanol–water partition coefficient (Wildman–Crippen LogP) is 2.84. The molecular weight excluding hydrogens is 263 g/mol. The molecule has 5 nitrogen and oxygen atoms in total. The second kappa shape index (κ2) is 5.48. The lowest BCUT2D eigenvalue weighted by Gasteiger charge is -2.38. The lowest BCUT2D eigenvalue weighted by atomic mass is 9.74. The molecular formula is C14H19FN2O3. The maximum Gasteiger partial charge on any atom is 0.319 e. The topological polar surface area (TPSA) is 78.4 Å². The van der Waals surface area contributed by atoms with Crippen LogP contribution in [0.25, 0.3) is 0 Å². The van der Waals surface area contributed by atoms with Crippen LogP contribution in [0.1, 0.15) is 27.7 Å². The normalized spacial score (nSPS) is 11.8. The molecule has 20 heavy (non-hydrogen) atoms. The van der Waals surface area contributed by atoms with E-state index >= 15 is 0 Å². The summed E-state index contributed by atoms with van der Waals surface area (Å²) in [6.07, 6.45) is 0. The van der Waals surface area contributed by atoms with Crippen LogP contribution in [-0.4, -0.2) is 22.6 Å². The number of amides is 2. The quantitative estimate of drug-likeness (QED) is 0.794. The summed E-state index contributed by atoms with van der Waals surface area (Å²) in [6.45, 7) is 6.22. The zero-order valence-electron chi connectivity index (χ0n) is 12.0. The molecule has 110 valence electrons. The standard InChI is InChI=1S/C14H19FN2O3/c1-13(2,11(18)19)14(3,4)17-12(20)16-10-8-6-5-7-9(10)15/h5-8H,1-4H3,(H,18,19)(H2,16,17,20). The number of carboxylic acids is 1. The number of nitrogens with one attached hydrogen (secondary N) is 2. The molecule has 6 heteroatoms. The second-order valence-electron chi connectivity index (χ2n) is 5.61. The predicted molar refractivity (Wildman–Crippen MR) is 74.1 cm³/mol. The fourth-order valence-corrected chi connectivity index (χ4v) is 1.42. The van der Waals surface area contributed by atoms with Gasteiger partial charge >= 0.3 is 12.0 Å². The molecule has 0 saturated heterocycles. The van der Waals surface area contributed by atoms with Crippen LogP contribution in [0.3, 0.4) is 0 Å². The Morgan fingerprint density at radius 2 is 1.70 bits per heavy atom. The molecule has 0 aliphatic carbocycles. The molecule has 0 spiro atoms. The van der Waals surface area contributed by atoms with Crippen LogP contribution in [-0.2, 0) is 4.79 Å². The van der Waals surface area contributed by atoms with Gasteiger partial charge in [-0.25, -0.2) is 9.18 Å². The molecule has 0 aliphatic rings. The van der Waals surface area contributed by atoms with E-state index in [1.165, 1.54) is 32.0 Å². The molecule has 0 fully saturated rings. The van der Waals surface area contributed by atoms with Crippen LogP contribution in [0.4, 0.5) is 14.9 Å². The molecule has 1 aromatic rings. The van der Waals surface area contributed by atoms with Crippen LogP contribution in [0.5, 0.6) is 0 Å². The Kier molecular flexibility index (Phi) is 4.37. The summed E-state index contributed by atoms with van der Waals surface area (Å²) in [6, 6.07) is 5.09. The smallest absolute Gasteiger partial charge is 0.319 e. The zero-order chi connectivity index (χ0) is 15.6. The van der Waals surface area contributed by atoms with E-state index in [9.17, 15) is 19.1 Å². The monoisotopic (exact) mass is 282 g/mol. The van der Waals surface area contributed by atoms with Crippen molar-refractivity contribution >= 4 is 17.7 Å². The van der Waals surface area contributed by atoms with Gasteiger partial charge in [-0.15, -0.1) is 0 Å². The first-order chi connectivity index (χ1) is 9.08. The van der Waals surface area contributed by atoms with Gasteiger partial charge in [-0.05, 0) is 39.8 Å². The summed E-state index contributed by atoms with van der Waals surface area (Å²) in [5, 5.41) is 14.1. The van der Waals surface area contributed by atoms with Crippen molar-refractivity contribution in [2.45, 2.75) is 33.2 Å². The Labute approximate surface area is 117 Å². The number of benzene rings is 1. The molecule has 0 saturated carbocycles. The summed E-state index contributed by atoms with van der Waals surface area (Å²) >= 11 is 0. The van der Waals surface area contributed by atoms with E-state index in [0.29, 0.717) is 0 Å². The van der Waals surface area contributed by atoms with Crippen molar-refractivity contribution in [1.82, 2.24) is 5.32 Å². The molecule has 0 radical (unpaired) electrons. The Hall–Kier alpha value is -2.11. The molecule has 0 atom stereocenters. The van der Waals surface area contributed by atoms with Crippen molar-refractivity contribution in [3.63, 3.8) is 0 Å². The summed E-state index contributed by atoms with van der Waals surface area (Å²) < 4.78 is 13.4. The largest absolute Gasteiger partial charge is 0.481 e. The molecule has 0 aromatic heterocycles. The number of halogens is 1. The highest BCUT2D eigenvalue weighted by atomic mass is 19.1. The third-order valence-electron chi connectivity index (χ3n) is 3.65. The maximum absolute atomic E-state index is 13.4. The van der Waals surface area contributed by atoms with Crippen LogP contribution >= 0.6 is 0 Å². The molecule has 0 heterocycles. The number of anilines is 1. The minimum Gasteiger partial charge on any atom is -0.481 e. The van der Waals surface area contributed by atoms with Crippen molar-refractivity contribution in [3.05, 3.63) is 30.1 Å². The number of carbonyl (C=O) groups is 2. The van der Waals surface area contributed by atoms with Crippen molar-refractivity contribution in [3.8, 4) is 0 Å². The van der Waals surface area contributed by atoms with Gasteiger partial charge in [0.25, 0.3) is 0 Å². The van der Waals surface area contributed by atoms with E-state index in [4.69, 9.17) is 0 Å². The van der Waals surface area contributed by atoms with E-state index in [0.717, 1.165) is 0 Å². The molecule has 0 aliphatic heterocycles. The van der Waals surface area contributed by atoms with Crippen molar-refractivity contribution in [2.24, 2.45) is 5.41 Å². The third kappa shape index (κ3) is 3.26. The lowest BCUT2D eigenvalue weighted by Crippen LogP contribution is -2.57. The number of carboxylic acid groups (broad SMARTS) is 1. The first-order valence-corrected chi connectivity index (χ1v) is 6.15. The highest BCUT2D eigenvalue weighted by molar-refractivity contribution is 5.90. The number of hydrogen-bond acceptors (Lipinski definition) is 2. The number of carbonyl (C=O) groups excluding carboxylic acids is 1. The summed E-state index contributed by atoms with van der Waals surface area (Å²) in [5.74, 6) is -1.59. The fraction of sp³-hybridized carbons (Fsp3) is 0.429. The highest BCUT2D eigenvalue weighted by Crippen LogP contribution is 2.30. The molecule has 2 amide bonds. The average Bonchev–Trinajstić information content (AvgIpc) is 2.31. The zero-order valence-corrected chi connectivity index (χ0v) is 12.0. The third-order valence-corrected chi connectivity index (χ3v) is 3.65. The van der Waals surface area contributed by atoms with Gasteiger partial charge in [-0.3, -0.25) is 4.79 Å². The van der Waals surface area contributed by atoms with Crippen LogP contribution in [0.15, 0.2) is 24.3 Å². The lowest BCUT2D eigenvalue weighted by molar-refractivity contribution is -0.150. The average molecular weight is 282 g/mol. The second-order valence-corrected chi connectivity index (χ2v) is 5.61. The molecule has 1 rings (SSSR count). The Bertz CT molecular complexity index is 527. The van der Waals surface area contributed by atoms with Gasteiger partial charge in [0, 0.05) is 0 Å². The van der Waals surface area contributed by atoms with E-state index in [2.05, 4.69) is 10.6 Å². The highest BCUT2D eigenvalue weighted by Gasteiger charge is 2.44. The van der Waals surface area contributed by atoms with Crippen LogP contribution < -0.4 is 10.6 Å².